The summed E-state index contributed by atoms with van der Waals surface area (Å²) in [6.45, 7) is 4.05. The molecule has 0 aromatic heterocycles. The topological polar surface area (TPSA) is 71.1 Å². The molecule has 0 radical (unpaired) electrons. The Morgan fingerprint density at radius 1 is 0.710 bits per heavy atom. The summed E-state index contributed by atoms with van der Waals surface area (Å²) >= 11 is 0. The minimum absolute atomic E-state index is 0.183. The van der Waals surface area contributed by atoms with Crippen molar-refractivity contribution >= 4 is 28.8 Å². The quantitative estimate of drug-likeness (QED) is 0.0736. The average Bonchev–Trinajstić information content (AvgIpc) is 3.73. The van der Waals surface area contributed by atoms with Crippen molar-refractivity contribution in [2.75, 3.05) is 13.2 Å². The third-order valence-electron chi connectivity index (χ3n) is 14.0. The van der Waals surface area contributed by atoms with Crippen LogP contribution < -0.4 is 9.47 Å². The van der Waals surface area contributed by atoms with Crippen LogP contribution in [-0.2, 0) is 21.7 Å². The van der Waals surface area contributed by atoms with E-state index >= 15 is 0 Å². The molecule has 6 heteroatoms. The van der Waals surface area contributed by atoms with Crippen molar-refractivity contribution < 1.29 is 28.5 Å². The lowest BCUT2D eigenvalue weighted by Gasteiger charge is -2.37. The Morgan fingerprint density at radius 2 is 1.39 bits per heavy atom. The molecule has 4 aliphatic rings. The molecule has 6 aromatic carbocycles. The molecule has 1 aliphatic carbocycles. The van der Waals surface area contributed by atoms with Gasteiger partial charge in [-0.1, -0.05) is 124 Å². The highest BCUT2D eigenvalue weighted by Crippen LogP contribution is 2.50. The third-order valence-corrected chi connectivity index (χ3v) is 14.0. The number of carbonyl (C=O) groups is 2. The van der Waals surface area contributed by atoms with E-state index in [0.717, 1.165) is 81.9 Å². The Morgan fingerprint density at radius 3 is 2.11 bits per heavy atom. The predicted molar refractivity (Wildman–Crippen MR) is 245 cm³/mol. The summed E-state index contributed by atoms with van der Waals surface area (Å²) in [4.78, 5) is 26.7. The molecule has 1 unspecified atom stereocenters. The molecular formula is C56H54O6. The minimum Gasteiger partial charge on any atom is -0.472 e. The molecule has 2 fully saturated rings. The Balaban J connectivity index is 0.896. The van der Waals surface area contributed by atoms with E-state index in [1.165, 1.54) is 62.5 Å². The molecule has 314 valence electrons. The van der Waals surface area contributed by atoms with Gasteiger partial charge in [0.2, 0.25) is 0 Å². The fraction of sp³-hybridized carbons (Fsp3) is 0.321. The Hall–Kier alpha value is -5.98. The average molecular weight is 823 g/mol. The summed E-state index contributed by atoms with van der Waals surface area (Å²) in [6, 6.07) is 40.9. The monoisotopic (exact) mass is 822 g/mol. The van der Waals surface area contributed by atoms with E-state index in [-0.39, 0.29) is 12.6 Å². The van der Waals surface area contributed by atoms with E-state index in [1.807, 2.05) is 54.6 Å². The summed E-state index contributed by atoms with van der Waals surface area (Å²) < 4.78 is 24.5. The fourth-order valence-electron chi connectivity index (χ4n) is 10.4. The van der Waals surface area contributed by atoms with Gasteiger partial charge in [-0.25, -0.2) is 9.59 Å². The second kappa shape index (κ2) is 17.4. The van der Waals surface area contributed by atoms with Gasteiger partial charge in [0.1, 0.15) is 18.1 Å². The van der Waals surface area contributed by atoms with Crippen LogP contribution in [0.1, 0.15) is 137 Å². The van der Waals surface area contributed by atoms with Crippen LogP contribution in [0.25, 0.3) is 28.0 Å². The molecule has 1 saturated carbocycles. The van der Waals surface area contributed by atoms with Gasteiger partial charge in [-0.3, -0.25) is 0 Å². The number of ether oxygens (including phenoxy) is 4. The van der Waals surface area contributed by atoms with E-state index < -0.39 is 11.6 Å². The van der Waals surface area contributed by atoms with Crippen LogP contribution in [0.3, 0.4) is 0 Å². The molecule has 0 N–H and O–H groups in total. The lowest BCUT2D eigenvalue weighted by atomic mass is 9.77. The first-order valence-electron chi connectivity index (χ1n) is 22.8. The third kappa shape index (κ3) is 7.75. The highest BCUT2D eigenvalue weighted by Gasteiger charge is 2.41. The number of esters is 2. The molecule has 0 amide bonds. The van der Waals surface area contributed by atoms with E-state index in [1.54, 1.807) is 12.1 Å². The van der Waals surface area contributed by atoms with E-state index in [2.05, 4.69) is 73.7 Å². The standard InChI is InChI=1S/C56H54O6/c1-2-3-5-8-37-11-13-38(14-12-37)40-21-26-47(27-22-40)61-54(57)43-17-15-41(16-18-43)44-23-28-48-50(35-44)52-51(36-60-55(52)58)49-29-32-56(62-53(48)49,45-9-6-4-7-10-45)46-24-19-39(20-25-46)42-30-33-59-34-31-42/h4,6-7,9-10,15-29,32,35,37-38,42H,2-3,5,8,11-14,30-31,33-34,36H2,1H3. The Bertz CT molecular complexity index is 2600. The van der Waals surface area contributed by atoms with Crippen molar-refractivity contribution in [3.8, 4) is 22.6 Å². The van der Waals surface area contributed by atoms with Crippen LogP contribution in [0.4, 0.5) is 0 Å². The van der Waals surface area contributed by atoms with Gasteiger partial charge in [0.15, 0.2) is 5.60 Å². The predicted octanol–water partition coefficient (Wildman–Crippen LogP) is 13.5. The SMILES string of the molecule is CCCCCC1CCC(c2ccc(OC(=O)c3ccc(-c4ccc5c6c(c7c(c5c4)C(=O)OC7)C=CC(c4ccccc4)(c4ccc(C5CCOCC5)cc4)O6)cc3)cc2)CC1. The molecule has 1 saturated heterocycles. The summed E-state index contributed by atoms with van der Waals surface area (Å²) in [5, 5.41) is 1.61. The molecule has 6 aromatic rings. The Kier molecular flexibility index (Phi) is 11.3. The van der Waals surface area contributed by atoms with Crippen LogP contribution in [0.2, 0.25) is 0 Å². The van der Waals surface area contributed by atoms with Crippen molar-refractivity contribution in [1.82, 2.24) is 0 Å². The number of fused-ring (bicyclic) bond motifs is 6. The van der Waals surface area contributed by atoms with Gasteiger partial charge in [-0.05, 0) is 121 Å². The molecule has 6 nitrogen and oxygen atoms in total. The second-order valence-corrected chi connectivity index (χ2v) is 17.7. The number of carbonyl (C=O) groups excluding carboxylic acids is 2. The minimum atomic E-state index is -0.898. The zero-order valence-corrected chi connectivity index (χ0v) is 35.6. The van der Waals surface area contributed by atoms with Crippen LogP contribution in [0.5, 0.6) is 11.5 Å². The first-order chi connectivity index (χ1) is 30.5. The number of hydrogen-bond acceptors (Lipinski definition) is 6. The van der Waals surface area contributed by atoms with Crippen molar-refractivity contribution in [3.05, 3.63) is 172 Å². The largest absolute Gasteiger partial charge is 0.472 e. The van der Waals surface area contributed by atoms with Gasteiger partial charge in [0.05, 0.1) is 11.1 Å². The molecule has 1 atom stereocenters. The smallest absolute Gasteiger partial charge is 0.343 e. The molecule has 0 bridgehead atoms. The maximum absolute atomic E-state index is 13.4. The first kappa shape index (κ1) is 40.1. The van der Waals surface area contributed by atoms with Gasteiger partial charge < -0.3 is 18.9 Å². The zero-order valence-electron chi connectivity index (χ0n) is 35.6. The van der Waals surface area contributed by atoms with Crippen molar-refractivity contribution in [2.45, 2.75) is 95.2 Å². The van der Waals surface area contributed by atoms with Gasteiger partial charge in [-0.2, -0.15) is 0 Å². The molecule has 3 heterocycles. The highest BCUT2D eigenvalue weighted by atomic mass is 16.5. The van der Waals surface area contributed by atoms with Crippen molar-refractivity contribution in [1.29, 1.82) is 0 Å². The number of hydrogen-bond donors (Lipinski definition) is 0. The maximum Gasteiger partial charge on any atom is 0.343 e. The molecule has 3 aliphatic heterocycles. The van der Waals surface area contributed by atoms with E-state index in [9.17, 15) is 9.59 Å². The first-order valence-corrected chi connectivity index (χ1v) is 22.8. The lowest BCUT2D eigenvalue weighted by molar-refractivity contribution is 0.0535. The normalized spacial score (nSPS) is 20.9. The number of rotatable bonds is 11. The second-order valence-electron chi connectivity index (χ2n) is 17.7. The van der Waals surface area contributed by atoms with Crippen LogP contribution in [0, 0.1) is 5.92 Å². The Labute approximate surface area is 364 Å². The lowest BCUT2D eigenvalue weighted by Crippen LogP contribution is -2.34. The summed E-state index contributed by atoms with van der Waals surface area (Å²) in [5.41, 5.74) is 8.37. The molecular weight excluding hydrogens is 769 g/mol. The highest BCUT2D eigenvalue weighted by molar-refractivity contribution is 6.12. The van der Waals surface area contributed by atoms with Gasteiger partial charge in [0, 0.05) is 46.2 Å². The molecule has 62 heavy (non-hydrogen) atoms. The summed E-state index contributed by atoms with van der Waals surface area (Å²) in [6.07, 6.45) is 16.7. The van der Waals surface area contributed by atoms with Crippen LogP contribution in [0.15, 0.2) is 127 Å². The maximum atomic E-state index is 13.4. The number of cyclic esters (lactones) is 1. The van der Waals surface area contributed by atoms with Crippen molar-refractivity contribution in [2.24, 2.45) is 5.92 Å². The number of benzene rings is 6. The summed E-state index contributed by atoms with van der Waals surface area (Å²) in [5.74, 6) is 2.49. The molecule has 10 rings (SSSR count). The van der Waals surface area contributed by atoms with Gasteiger partial charge in [0.25, 0.3) is 0 Å². The fourth-order valence-corrected chi connectivity index (χ4v) is 10.4. The van der Waals surface area contributed by atoms with E-state index in [4.69, 9.17) is 18.9 Å². The van der Waals surface area contributed by atoms with Gasteiger partial charge in [-0.15, -0.1) is 0 Å². The zero-order chi connectivity index (χ0) is 42.0. The van der Waals surface area contributed by atoms with E-state index in [0.29, 0.717) is 28.7 Å². The summed E-state index contributed by atoms with van der Waals surface area (Å²) in [7, 11) is 0. The van der Waals surface area contributed by atoms with Gasteiger partial charge >= 0.3 is 11.9 Å². The van der Waals surface area contributed by atoms with Crippen molar-refractivity contribution in [3.63, 3.8) is 0 Å². The van der Waals surface area contributed by atoms with Crippen LogP contribution in [-0.4, -0.2) is 25.2 Å². The van der Waals surface area contributed by atoms with Crippen LogP contribution >= 0.6 is 0 Å². The number of unbranched alkanes of at least 4 members (excludes halogenated alkanes) is 2. The molecule has 0 spiro atoms.